The summed E-state index contributed by atoms with van der Waals surface area (Å²) in [6.45, 7) is 2.04. The van der Waals surface area contributed by atoms with Gasteiger partial charge in [0.15, 0.2) is 5.65 Å². The Hall–Kier alpha value is -1.78. The Morgan fingerprint density at radius 1 is 1.33 bits per heavy atom. The number of nitrogens with two attached hydrogens (primary N) is 1. The van der Waals surface area contributed by atoms with E-state index in [9.17, 15) is 0 Å². The number of fused-ring (bicyclic) bond motifs is 1. The monoisotopic (exact) mass is 245 g/mol. The van der Waals surface area contributed by atoms with Crippen molar-refractivity contribution >= 4 is 22.7 Å². The fourth-order valence-corrected chi connectivity index (χ4v) is 2.77. The Labute approximate surface area is 106 Å². The number of pyridine rings is 1. The third-order valence-electron chi connectivity index (χ3n) is 3.71. The van der Waals surface area contributed by atoms with Gasteiger partial charge in [0, 0.05) is 6.04 Å². The lowest BCUT2D eigenvalue weighted by molar-refractivity contribution is 0.462. The number of aromatic nitrogens is 3. The molecule has 5 heteroatoms. The van der Waals surface area contributed by atoms with Crippen LogP contribution >= 0.6 is 0 Å². The van der Waals surface area contributed by atoms with Gasteiger partial charge in [-0.2, -0.15) is 5.10 Å². The molecule has 0 amide bonds. The van der Waals surface area contributed by atoms with Gasteiger partial charge < -0.3 is 11.1 Å². The number of nitrogen functional groups attached to an aromatic ring is 1. The molecule has 5 nitrogen and oxygen atoms in total. The molecule has 18 heavy (non-hydrogen) atoms. The molecule has 0 unspecified atom stereocenters. The third kappa shape index (κ3) is 2.00. The summed E-state index contributed by atoms with van der Waals surface area (Å²) in [7, 11) is 0. The molecular formula is C13H19N5. The highest BCUT2D eigenvalue weighted by Crippen LogP contribution is 2.25. The van der Waals surface area contributed by atoms with Crippen LogP contribution in [0.1, 0.15) is 37.7 Å². The van der Waals surface area contributed by atoms with Crippen LogP contribution in [-0.4, -0.2) is 21.2 Å². The van der Waals surface area contributed by atoms with E-state index >= 15 is 0 Å². The Balaban J connectivity index is 1.88. The molecule has 0 saturated heterocycles. The van der Waals surface area contributed by atoms with Crippen LogP contribution < -0.4 is 11.1 Å². The fraction of sp³-hybridized carbons (Fsp3) is 0.538. The predicted octanol–water partition coefficient (Wildman–Crippen LogP) is 2.59. The number of aromatic amines is 1. The van der Waals surface area contributed by atoms with Gasteiger partial charge in [-0.25, -0.2) is 4.98 Å². The highest BCUT2D eigenvalue weighted by Gasteiger charge is 2.15. The quantitative estimate of drug-likeness (QED) is 0.759. The molecule has 4 N–H and O–H groups in total. The number of nitrogens with zero attached hydrogens (tertiary/aromatic N) is 2. The number of hydrogen-bond acceptors (Lipinski definition) is 4. The number of hydrogen-bond donors (Lipinski definition) is 3. The van der Waals surface area contributed by atoms with Crippen molar-refractivity contribution in [2.24, 2.45) is 0 Å². The lowest BCUT2D eigenvalue weighted by atomic mass is 9.95. The molecule has 1 saturated carbocycles. The molecule has 1 aliphatic rings. The van der Waals surface area contributed by atoms with Crippen molar-refractivity contribution < 1.29 is 0 Å². The Morgan fingerprint density at radius 3 is 2.89 bits per heavy atom. The molecule has 3 rings (SSSR count). The molecule has 2 heterocycles. The van der Waals surface area contributed by atoms with Gasteiger partial charge in [-0.05, 0) is 31.4 Å². The summed E-state index contributed by atoms with van der Waals surface area (Å²) in [5.41, 5.74) is 7.65. The molecule has 0 aliphatic heterocycles. The summed E-state index contributed by atoms with van der Waals surface area (Å²) in [5, 5.41) is 11.4. The van der Waals surface area contributed by atoms with Crippen LogP contribution in [0.2, 0.25) is 0 Å². The average Bonchev–Trinajstić information content (AvgIpc) is 2.72. The first-order valence-electron chi connectivity index (χ1n) is 6.62. The minimum absolute atomic E-state index is 0.555. The molecule has 0 aromatic carbocycles. The molecular weight excluding hydrogens is 226 g/mol. The number of aryl methyl sites for hydroxylation is 1. The Kier molecular flexibility index (Phi) is 2.81. The second kappa shape index (κ2) is 4.48. The summed E-state index contributed by atoms with van der Waals surface area (Å²) < 4.78 is 0. The van der Waals surface area contributed by atoms with Gasteiger partial charge in [-0.3, -0.25) is 5.10 Å². The van der Waals surface area contributed by atoms with E-state index in [1.54, 1.807) is 0 Å². The maximum absolute atomic E-state index is 5.83. The molecule has 96 valence electrons. The number of anilines is 2. The van der Waals surface area contributed by atoms with Crippen molar-refractivity contribution in [1.29, 1.82) is 0 Å². The molecule has 0 radical (unpaired) electrons. The van der Waals surface area contributed by atoms with Gasteiger partial charge >= 0.3 is 0 Å². The highest BCUT2D eigenvalue weighted by atomic mass is 15.2. The van der Waals surface area contributed by atoms with Crippen LogP contribution in [0.3, 0.4) is 0 Å². The standard InChI is InChI=1S/C13H19N5/c1-8-7-10(15-9-5-3-2-4-6-9)16-13-11(8)12(14)17-18-13/h7,9H,2-6H2,1H3,(H4,14,15,16,17,18). The van der Waals surface area contributed by atoms with Gasteiger partial charge in [0.2, 0.25) is 0 Å². The lowest BCUT2D eigenvalue weighted by Gasteiger charge is -2.23. The second-order valence-corrected chi connectivity index (χ2v) is 5.14. The molecule has 2 aromatic rings. The first-order chi connectivity index (χ1) is 8.74. The molecule has 0 atom stereocenters. The maximum Gasteiger partial charge on any atom is 0.185 e. The minimum Gasteiger partial charge on any atom is -0.384 e. The normalized spacial score (nSPS) is 17.2. The molecule has 0 bridgehead atoms. The number of H-pyrrole nitrogens is 1. The van der Waals surface area contributed by atoms with Crippen LogP contribution in [0.5, 0.6) is 0 Å². The number of nitrogens with one attached hydrogen (secondary N) is 2. The van der Waals surface area contributed by atoms with Crippen LogP contribution in [0.4, 0.5) is 11.6 Å². The summed E-state index contributed by atoms with van der Waals surface area (Å²) in [4.78, 5) is 4.52. The lowest BCUT2D eigenvalue weighted by Crippen LogP contribution is -2.22. The van der Waals surface area contributed by atoms with Crippen molar-refractivity contribution in [1.82, 2.24) is 15.2 Å². The van der Waals surface area contributed by atoms with E-state index in [-0.39, 0.29) is 0 Å². The summed E-state index contributed by atoms with van der Waals surface area (Å²) in [6, 6.07) is 2.61. The van der Waals surface area contributed by atoms with Crippen molar-refractivity contribution in [2.75, 3.05) is 11.1 Å². The predicted molar refractivity (Wildman–Crippen MR) is 73.5 cm³/mol. The van der Waals surface area contributed by atoms with Gasteiger partial charge in [-0.15, -0.1) is 0 Å². The fourth-order valence-electron chi connectivity index (χ4n) is 2.77. The third-order valence-corrected chi connectivity index (χ3v) is 3.71. The first-order valence-corrected chi connectivity index (χ1v) is 6.62. The average molecular weight is 245 g/mol. The van der Waals surface area contributed by atoms with E-state index in [0.717, 1.165) is 16.8 Å². The molecule has 2 aromatic heterocycles. The van der Waals surface area contributed by atoms with Gasteiger partial charge in [-0.1, -0.05) is 19.3 Å². The van der Waals surface area contributed by atoms with Crippen LogP contribution in [0, 0.1) is 6.92 Å². The summed E-state index contributed by atoms with van der Waals surface area (Å²) in [5.74, 6) is 1.51. The van der Waals surface area contributed by atoms with Crippen LogP contribution in [0.15, 0.2) is 6.07 Å². The highest BCUT2D eigenvalue weighted by molar-refractivity contribution is 5.90. The smallest absolute Gasteiger partial charge is 0.185 e. The van der Waals surface area contributed by atoms with Crippen LogP contribution in [-0.2, 0) is 0 Å². The first kappa shape index (κ1) is 11.3. The van der Waals surface area contributed by atoms with Crippen molar-refractivity contribution in [2.45, 2.75) is 45.1 Å². The molecule has 0 spiro atoms. The van der Waals surface area contributed by atoms with Crippen molar-refractivity contribution in [3.63, 3.8) is 0 Å². The Bertz CT molecular complexity index is 554. The summed E-state index contributed by atoms with van der Waals surface area (Å²) in [6.07, 6.45) is 6.46. The van der Waals surface area contributed by atoms with E-state index in [4.69, 9.17) is 5.73 Å². The zero-order valence-corrected chi connectivity index (χ0v) is 10.7. The van der Waals surface area contributed by atoms with E-state index < -0.39 is 0 Å². The van der Waals surface area contributed by atoms with E-state index in [1.807, 2.05) is 6.92 Å². The van der Waals surface area contributed by atoms with Crippen LogP contribution in [0.25, 0.3) is 11.0 Å². The zero-order valence-electron chi connectivity index (χ0n) is 10.7. The van der Waals surface area contributed by atoms with Gasteiger partial charge in [0.1, 0.15) is 11.6 Å². The van der Waals surface area contributed by atoms with Gasteiger partial charge in [0.05, 0.1) is 5.39 Å². The zero-order chi connectivity index (χ0) is 12.5. The summed E-state index contributed by atoms with van der Waals surface area (Å²) >= 11 is 0. The molecule has 1 aliphatic carbocycles. The SMILES string of the molecule is Cc1cc(NC2CCCCC2)nc2n[nH]c(N)c12. The van der Waals surface area contributed by atoms with Crippen molar-refractivity contribution in [3.8, 4) is 0 Å². The maximum atomic E-state index is 5.83. The Morgan fingerprint density at radius 2 is 2.11 bits per heavy atom. The number of rotatable bonds is 2. The molecule has 1 fully saturated rings. The second-order valence-electron chi connectivity index (χ2n) is 5.14. The van der Waals surface area contributed by atoms with E-state index in [2.05, 4.69) is 26.6 Å². The topological polar surface area (TPSA) is 79.6 Å². The minimum atomic E-state index is 0.555. The van der Waals surface area contributed by atoms with E-state index in [0.29, 0.717) is 17.5 Å². The van der Waals surface area contributed by atoms with E-state index in [1.165, 1.54) is 32.1 Å². The van der Waals surface area contributed by atoms with Gasteiger partial charge in [0.25, 0.3) is 0 Å². The largest absolute Gasteiger partial charge is 0.384 e. The van der Waals surface area contributed by atoms with Crippen molar-refractivity contribution in [3.05, 3.63) is 11.6 Å².